The molecule has 0 fully saturated rings. The van der Waals surface area contributed by atoms with Gasteiger partial charge in [0.2, 0.25) is 0 Å². The van der Waals surface area contributed by atoms with E-state index in [1.807, 2.05) is 0 Å². The van der Waals surface area contributed by atoms with Gasteiger partial charge in [-0.2, -0.15) is 0 Å². The van der Waals surface area contributed by atoms with E-state index in [0.29, 0.717) is 33.4 Å². The lowest BCUT2D eigenvalue weighted by atomic mass is 10.0. The van der Waals surface area contributed by atoms with Crippen molar-refractivity contribution in [1.29, 1.82) is 0 Å². The van der Waals surface area contributed by atoms with Gasteiger partial charge in [0.05, 0.1) is 25.0 Å². The summed E-state index contributed by atoms with van der Waals surface area (Å²) in [4.78, 5) is 24.9. The fourth-order valence-corrected chi connectivity index (χ4v) is 3.41. The van der Waals surface area contributed by atoms with Crippen LogP contribution in [0.25, 0.3) is 16.9 Å². The predicted molar refractivity (Wildman–Crippen MR) is 110 cm³/mol. The van der Waals surface area contributed by atoms with Gasteiger partial charge in [0.25, 0.3) is 0 Å². The Hall–Kier alpha value is -3.25. The quantitative estimate of drug-likeness (QED) is 0.576. The van der Waals surface area contributed by atoms with Gasteiger partial charge >= 0.3 is 11.9 Å². The first-order chi connectivity index (χ1) is 13.9. The zero-order chi connectivity index (χ0) is 21.1. The number of benzene rings is 2. The Morgan fingerprint density at radius 3 is 2.17 bits per heavy atom. The number of methoxy groups -OCH3 is 1. The molecule has 0 unspecified atom stereocenters. The number of ether oxygens (including phenoxy) is 2. The zero-order valence-corrected chi connectivity index (χ0v) is 17.0. The van der Waals surface area contributed by atoms with Crippen LogP contribution in [-0.4, -0.2) is 35.3 Å². The molecule has 1 N–H and O–H groups in total. The van der Waals surface area contributed by atoms with E-state index in [-0.39, 0.29) is 17.7 Å². The second kappa shape index (κ2) is 8.41. The molecule has 0 atom stereocenters. The maximum Gasteiger partial charge on any atom is 0.340 e. The van der Waals surface area contributed by atoms with Gasteiger partial charge < -0.3 is 19.1 Å². The second-order valence-corrected chi connectivity index (χ2v) is 6.69. The SMILES string of the molecule is CCOC(=O)c1c(C(=O)O)c(-c2ccc(Cl)cc2)n(-c2ccc(OC)cc2)c1C. The van der Waals surface area contributed by atoms with E-state index in [4.69, 9.17) is 21.1 Å². The van der Waals surface area contributed by atoms with Gasteiger partial charge in [-0.3, -0.25) is 0 Å². The maximum atomic E-state index is 12.6. The summed E-state index contributed by atoms with van der Waals surface area (Å²) in [5, 5.41) is 10.5. The van der Waals surface area contributed by atoms with Crippen molar-refractivity contribution in [3.8, 4) is 22.7 Å². The van der Waals surface area contributed by atoms with Gasteiger partial charge in [0.1, 0.15) is 11.3 Å². The lowest BCUT2D eigenvalue weighted by molar-refractivity contribution is 0.0514. The largest absolute Gasteiger partial charge is 0.497 e. The topological polar surface area (TPSA) is 77.8 Å². The summed E-state index contributed by atoms with van der Waals surface area (Å²) in [7, 11) is 1.57. The first-order valence-corrected chi connectivity index (χ1v) is 9.32. The molecule has 0 radical (unpaired) electrons. The highest BCUT2D eigenvalue weighted by atomic mass is 35.5. The molecule has 0 saturated heterocycles. The molecule has 0 spiro atoms. The van der Waals surface area contributed by atoms with Crippen molar-refractivity contribution in [2.24, 2.45) is 0 Å². The molecule has 1 aromatic heterocycles. The highest BCUT2D eigenvalue weighted by molar-refractivity contribution is 6.30. The maximum absolute atomic E-state index is 12.6. The smallest absolute Gasteiger partial charge is 0.340 e. The molecule has 29 heavy (non-hydrogen) atoms. The van der Waals surface area contributed by atoms with E-state index in [0.717, 1.165) is 0 Å². The number of esters is 1. The third kappa shape index (κ3) is 3.84. The van der Waals surface area contributed by atoms with E-state index >= 15 is 0 Å². The van der Waals surface area contributed by atoms with Gasteiger partial charge in [-0.25, -0.2) is 9.59 Å². The van der Waals surface area contributed by atoms with E-state index in [1.165, 1.54) is 0 Å². The fraction of sp³-hybridized carbons (Fsp3) is 0.182. The Kier molecular flexibility index (Phi) is 5.94. The summed E-state index contributed by atoms with van der Waals surface area (Å²) in [6.07, 6.45) is 0. The van der Waals surface area contributed by atoms with Crippen LogP contribution in [0.15, 0.2) is 48.5 Å². The van der Waals surface area contributed by atoms with E-state index in [9.17, 15) is 14.7 Å². The third-order valence-electron chi connectivity index (χ3n) is 4.55. The van der Waals surface area contributed by atoms with Crippen molar-refractivity contribution >= 4 is 23.5 Å². The minimum atomic E-state index is -1.21. The summed E-state index contributed by atoms with van der Waals surface area (Å²) < 4.78 is 12.1. The first-order valence-electron chi connectivity index (χ1n) is 8.95. The number of carbonyl (C=O) groups excluding carboxylic acids is 1. The first kappa shape index (κ1) is 20.5. The Bertz CT molecular complexity index is 1050. The molecule has 0 amide bonds. The molecular weight excluding hydrogens is 394 g/mol. The van der Waals surface area contributed by atoms with Crippen molar-refractivity contribution < 1.29 is 24.2 Å². The number of carboxylic acids is 1. The summed E-state index contributed by atoms with van der Waals surface area (Å²) in [5.41, 5.74) is 2.06. The molecule has 2 aromatic carbocycles. The molecule has 0 aliphatic carbocycles. The van der Waals surface area contributed by atoms with E-state index in [1.54, 1.807) is 74.1 Å². The van der Waals surface area contributed by atoms with E-state index in [2.05, 4.69) is 0 Å². The third-order valence-corrected chi connectivity index (χ3v) is 4.80. The molecule has 0 saturated carbocycles. The van der Waals surface area contributed by atoms with Gasteiger partial charge in [-0.1, -0.05) is 23.7 Å². The molecule has 0 aliphatic heterocycles. The molecular formula is C22H20ClNO5. The second-order valence-electron chi connectivity index (χ2n) is 6.25. The van der Waals surface area contributed by atoms with Crippen LogP contribution in [0.4, 0.5) is 0 Å². The minimum absolute atomic E-state index is 0.0279. The van der Waals surface area contributed by atoms with Crippen LogP contribution < -0.4 is 4.74 Å². The van der Waals surface area contributed by atoms with Crippen LogP contribution >= 0.6 is 11.6 Å². The van der Waals surface area contributed by atoms with Crippen LogP contribution in [0, 0.1) is 6.92 Å². The molecule has 3 aromatic rings. The predicted octanol–water partition coefficient (Wildman–Crippen LogP) is 4.99. The highest BCUT2D eigenvalue weighted by Crippen LogP contribution is 2.36. The van der Waals surface area contributed by atoms with Gasteiger partial charge in [0.15, 0.2) is 0 Å². The Morgan fingerprint density at radius 2 is 1.66 bits per heavy atom. The molecule has 150 valence electrons. The summed E-state index contributed by atoms with van der Waals surface area (Å²) in [5.74, 6) is -1.23. The van der Waals surface area contributed by atoms with Crippen LogP contribution in [0.1, 0.15) is 33.3 Å². The number of aromatic carboxylic acids is 1. The van der Waals surface area contributed by atoms with Crippen LogP contribution in [-0.2, 0) is 4.74 Å². The minimum Gasteiger partial charge on any atom is -0.497 e. The van der Waals surface area contributed by atoms with E-state index < -0.39 is 11.9 Å². The molecule has 0 aliphatic rings. The van der Waals surface area contributed by atoms with Gasteiger partial charge in [-0.15, -0.1) is 0 Å². The number of rotatable bonds is 6. The Labute approximate surface area is 173 Å². The number of nitrogens with zero attached hydrogens (tertiary/aromatic N) is 1. The van der Waals surface area contributed by atoms with Gasteiger partial charge in [-0.05, 0) is 55.8 Å². The molecule has 1 heterocycles. The van der Waals surface area contributed by atoms with Crippen LogP contribution in [0.5, 0.6) is 5.75 Å². The monoisotopic (exact) mass is 413 g/mol. The number of hydrogen-bond donors (Lipinski definition) is 1. The summed E-state index contributed by atoms with van der Waals surface area (Å²) in [6.45, 7) is 3.51. The van der Waals surface area contributed by atoms with Gasteiger partial charge in [0, 0.05) is 16.4 Å². The van der Waals surface area contributed by atoms with Crippen molar-refractivity contribution in [2.45, 2.75) is 13.8 Å². The summed E-state index contributed by atoms with van der Waals surface area (Å²) >= 11 is 6.01. The van der Waals surface area contributed by atoms with Crippen molar-refractivity contribution in [3.63, 3.8) is 0 Å². The summed E-state index contributed by atoms with van der Waals surface area (Å²) in [6, 6.07) is 13.9. The number of aromatic nitrogens is 1. The number of hydrogen-bond acceptors (Lipinski definition) is 4. The Morgan fingerprint density at radius 1 is 1.03 bits per heavy atom. The molecule has 0 bridgehead atoms. The number of carboxylic acid groups (broad SMARTS) is 1. The van der Waals surface area contributed by atoms with Crippen molar-refractivity contribution in [1.82, 2.24) is 4.57 Å². The fourth-order valence-electron chi connectivity index (χ4n) is 3.29. The average molecular weight is 414 g/mol. The van der Waals surface area contributed by atoms with Crippen LogP contribution in [0.2, 0.25) is 5.02 Å². The zero-order valence-electron chi connectivity index (χ0n) is 16.2. The number of halogens is 1. The van der Waals surface area contributed by atoms with Crippen molar-refractivity contribution in [3.05, 3.63) is 70.4 Å². The average Bonchev–Trinajstić information content (AvgIpc) is 3.02. The lowest BCUT2D eigenvalue weighted by Gasteiger charge is -2.13. The van der Waals surface area contributed by atoms with Crippen molar-refractivity contribution in [2.75, 3.05) is 13.7 Å². The number of carbonyl (C=O) groups is 2. The molecule has 6 nitrogen and oxygen atoms in total. The molecule has 7 heteroatoms. The highest BCUT2D eigenvalue weighted by Gasteiger charge is 2.31. The Balaban J connectivity index is 2.38. The molecule has 3 rings (SSSR count). The lowest BCUT2D eigenvalue weighted by Crippen LogP contribution is -2.11. The normalized spacial score (nSPS) is 10.6. The standard InChI is InChI=1S/C22H20ClNO5/c1-4-29-22(27)18-13(2)24(16-9-11-17(28-3)12-10-16)20(19(18)21(25)26)14-5-7-15(23)8-6-14/h5-12H,4H2,1-3H3,(H,25,26). The van der Waals surface area contributed by atoms with Crippen LogP contribution in [0.3, 0.4) is 0 Å².